The van der Waals surface area contributed by atoms with Crippen molar-refractivity contribution < 1.29 is 0 Å². The summed E-state index contributed by atoms with van der Waals surface area (Å²) in [6.07, 6.45) is 14.3. The highest BCUT2D eigenvalue weighted by Crippen LogP contribution is 2.38. The van der Waals surface area contributed by atoms with Gasteiger partial charge in [0.15, 0.2) is 0 Å². The Balaban J connectivity index is 1.50. The van der Waals surface area contributed by atoms with Gasteiger partial charge in [0.2, 0.25) is 0 Å². The van der Waals surface area contributed by atoms with E-state index in [1.807, 2.05) is 0 Å². The first-order chi connectivity index (χ1) is 11.8. The predicted octanol–water partition coefficient (Wildman–Crippen LogP) is 7.78. The van der Waals surface area contributed by atoms with Gasteiger partial charge >= 0.3 is 0 Å². The summed E-state index contributed by atoms with van der Waals surface area (Å²) in [5.74, 6) is 1.80. The molecular formula is C24H34. The van der Waals surface area contributed by atoms with Crippen molar-refractivity contribution in [2.24, 2.45) is 5.92 Å². The highest BCUT2D eigenvalue weighted by atomic mass is 14.3. The molecule has 0 aliphatic heterocycles. The Hall–Kier alpha value is -1.30. The van der Waals surface area contributed by atoms with Crippen LogP contribution in [0, 0.1) is 12.8 Å². The summed E-state index contributed by atoms with van der Waals surface area (Å²) in [6.45, 7) is 4.48. The van der Waals surface area contributed by atoms with E-state index in [0.29, 0.717) is 0 Å². The summed E-state index contributed by atoms with van der Waals surface area (Å²) >= 11 is 0. The van der Waals surface area contributed by atoms with E-state index in [-0.39, 0.29) is 0 Å². The number of rotatable bonds is 7. The average Bonchev–Trinajstić information content (AvgIpc) is 2.62. The topological polar surface area (TPSA) is 0 Å². The van der Waals surface area contributed by atoms with Crippen LogP contribution in [0.3, 0.4) is 0 Å². The Morgan fingerprint density at radius 3 is 2.29 bits per heavy atom. The Bertz CT molecular complexity index is 632. The lowest BCUT2D eigenvalue weighted by atomic mass is 9.76. The molecule has 0 unspecified atom stereocenters. The first-order valence-corrected chi connectivity index (χ1v) is 10.3. The van der Waals surface area contributed by atoms with Crippen LogP contribution in [0.4, 0.5) is 0 Å². The number of benzene rings is 2. The maximum atomic E-state index is 2.45. The van der Waals surface area contributed by atoms with Crippen LogP contribution in [-0.4, -0.2) is 0 Å². The zero-order chi connectivity index (χ0) is 16.8. The molecule has 1 aliphatic carbocycles. The number of fused-ring (bicyclic) bond motifs is 1. The van der Waals surface area contributed by atoms with Crippen LogP contribution in [0.5, 0.6) is 0 Å². The summed E-state index contributed by atoms with van der Waals surface area (Å²) in [4.78, 5) is 0. The Kier molecular flexibility index (Phi) is 6.35. The first-order valence-electron chi connectivity index (χ1n) is 10.3. The maximum absolute atomic E-state index is 2.45. The second-order valence-corrected chi connectivity index (χ2v) is 8.03. The number of unbranched alkanes of at least 4 members (excludes halogenated alkanes) is 4. The van der Waals surface area contributed by atoms with E-state index >= 15 is 0 Å². The lowest BCUT2D eigenvalue weighted by Crippen LogP contribution is -2.13. The Morgan fingerprint density at radius 2 is 1.50 bits per heavy atom. The van der Waals surface area contributed by atoms with Crippen molar-refractivity contribution in [3.63, 3.8) is 0 Å². The molecule has 130 valence electrons. The number of aryl methyl sites for hydroxylation is 1. The maximum Gasteiger partial charge on any atom is -0.0162 e. The predicted molar refractivity (Wildman–Crippen MR) is 107 cm³/mol. The summed E-state index contributed by atoms with van der Waals surface area (Å²) in [6, 6.07) is 14.0. The van der Waals surface area contributed by atoms with E-state index in [2.05, 4.69) is 50.2 Å². The molecule has 0 heterocycles. The molecule has 0 nitrogen and oxygen atoms in total. The van der Waals surface area contributed by atoms with Crippen LogP contribution in [0.25, 0.3) is 10.8 Å². The van der Waals surface area contributed by atoms with Gasteiger partial charge in [0, 0.05) is 0 Å². The van der Waals surface area contributed by atoms with Gasteiger partial charge in [-0.2, -0.15) is 0 Å². The second kappa shape index (κ2) is 8.70. The minimum atomic E-state index is 0.798. The zero-order valence-electron chi connectivity index (χ0n) is 15.7. The summed E-state index contributed by atoms with van der Waals surface area (Å²) in [5, 5.41) is 2.80. The van der Waals surface area contributed by atoms with E-state index < -0.39 is 0 Å². The van der Waals surface area contributed by atoms with Crippen molar-refractivity contribution >= 4 is 10.8 Å². The second-order valence-electron chi connectivity index (χ2n) is 8.03. The normalized spacial score (nSPS) is 21.2. The molecule has 3 rings (SSSR count). The zero-order valence-corrected chi connectivity index (χ0v) is 15.7. The molecule has 0 radical (unpaired) electrons. The summed E-state index contributed by atoms with van der Waals surface area (Å²) in [5.41, 5.74) is 2.93. The van der Waals surface area contributed by atoms with Crippen LogP contribution < -0.4 is 0 Å². The molecule has 0 amide bonds. The fraction of sp³-hybridized carbons (Fsp3) is 0.583. The van der Waals surface area contributed by atoms with Gasteiger partial charge in [-0.15, -0.1) is 0 Å². The van der Waals surface area contributed by atoms with E-state index in [0.717, 1.165) is 11.8 Å². The number of hydrogen-bond acceptors (Lipinski definition) is 0. The van der Waals surface area contributed by atoms with E-state index in [1.54, 1.807) is 5.56 Å². The Labute approximate surface area is 148 Å². The van der Waals surface area contributed by atoms with Gasteiger partial charge in [0.1, 0.15) is 0 Å². The molecule has 1 saturated carbocycles. The molecule has 2 aromatic rings. The average molecular weight is 323 g/mol. The van der Waals surface area contributed by atoms with Gasteiger partial charge in [-0.3, -0.25) is 0 Å². The van der Waals surface area contributed by atoms with Crippen molar-refractivity contribution in [3.05, 3.63) is 47.5 Å². The minimum absolute atomic E-state index is 0.798. The van der Waals surface area contributed by atoms with Gasteiger partial charge in [-0.25, -0.2) is 0 Å². The van der Waals surface area contributed by atoms with E-state index in [4.69, 9.17) is 0 Å². The van der Waals surface area contributed by atoms with Crippen molar-refractivity contribution in [3.8, 4) is 0 Å². The molecule has 0 spiro atoms. The summed E-state index contributed by atoms with van der Waals surface area (Å²) in [7, 11) is 0. The van der Waals surface area contributed by atoms with Crippen molar-refractivity contribution in [1.82, 2.24) is 0 Å². The third-order valence-corrected chi connectivity index (χ3v) is 6.05. The van der Waals surface area contributed by atoms with Crippen LogP contribution in [-0.2, 0) is 0 Å². The first kappa shape index (κ1) is 17.5. The van der Waals surface area contributed by atoms with E-state index in [9.17, 15) is 0 Å². The number of hydrogen-bond donors (Lipinski definition) is 0. The van der Waals surface area contributed by atoms with Gasteiger partial charge in [0.25, 0.3) is 0 Å². The fourth-order valence-electron chi connectivity index (χ4n) is 4.46. The van der Waals surface area contributed by atoms with Crippen molar-refractivity contribution in [2.45, 2.75) is 84.0 Å². The standard InChI is InChI=1S/C24H34/c1-3-4-5-6-7-8-20-10-13-21(14-11-20)23-16-15-22-17-19(2)9-12-24(22)18-23/h9,12,15-18,20-21H,3-8,10-11,13-14H2,1-2H3/t20-,21-. The minimum Gasteiger partial charge on any atom is -0.0654 e. The van der Waals surface area contributed by atoms with Crippen LogP contribution in [0.2, 0.25) is 0 Å². The Morgan fingerprint density at radius 1 is 0.792 bits per heavy atom. The lowest BCUT2D eigenvalue weighted by molar-refractivity contribution is 0.302. The monoisotopic (exact) mass is 322 g/mol. The largest absolute Gasteiger partial charge is 0.0654 e. The van der Waals surface area contributed by atoms with Crippen LogP contribution >= 0.6 is 0 Å². The third kappa shape index (κ3) is 4.62. The highest BCUT2D eigenvalue weighted by molar-refractivity contribution is 5.83. The van der Waals surface area contributed by atoms with Gasteiger partial charge in [-0.1, -0.05) is 87.4 Å². The molecule has 0 bridgehead atoms. The van der Waals surface area contributed by atoms with E-state index in [1.165, 1.54) is 80.5 Å². The molecule has 1 aliphatic rings. The molecule has 24 heavy (non-hydrogen) atoms. The van der Waals surface area contributed by atoms with Crippen LogP contribution in [0.15, 0.2) is 36.4 Å². The van der Waals surface area contributed by atoms with Crippen molar-refractivity contribution in [1.29, 1.82) is 0 Å². The van der Waals surface area contributed by atoms with Crippen LogP contribution in [0.1, 0.15) is 88.2 Å². The molecule has 0 N–H and O–H groups in total. The molecule has 2 aromatic carbocycles. The van der Waals surface area contributed by atoms with Crippen molar-refractivity contribution in [2.75, 3.05) is 0 Å². The third-order valence-electron chi connectivity index (χ3n) is 6.05. The fourth-order valence-corrected chi connectivity index (χ4v) is 4.46. The smallest absolute Gasteiger partial charge is 0.0162 e. The quantitative estimate of drug-likeness (QED) is 0.456. The molecule has 0 aromatic heterocycles. The molecular weight excluding hydrogens is 288 g/mol. The van der Waals surface area contributed by atoms with Gasteiger partial charge in [0.05, 0.1) is 0 Å². The van der Waals surface area contributed by atoms with Gasteiger partial charge in [-0.05, 0) is 60.8 Å². The summed E-state index contributed by atoms with van der Waals surface area (Å²) < 4.78 is 0. The molecule has 0 atom stereocenters. The molecule has 0 saturated heterocycles. The van der Waals surface area contributed by atoms with Gasteiger partial charge < -0.3 is 0 Å². The molecule has 0 heteroatoms. The SMILES string of the molecule is CCCCCCC[C@H]1CC[C@H](c2ccc3cc(C)ccc3c2)CC1. The lowest BCUT2D eigenvalue weighted by Gasteiger charge is -2.29. The molecule has 1 fully saturated rings. The highest BCUT2D eigenvalue weighted by Gasteiger charge is 2.22.